The SMILES string of the molecule is O=C(CCc1nc(-c2cccnc2)cs1)Nc1ccc2c(c1)OCCO2. The quantitative estimate of drug-likeness (QED) is 0.747. The van der Waals surface area contributed by atoms with E-state index in [1.54, 1.807) is 29.8 Å². The third-order valence-corrected chi connectivity index (χ3v) is 4.81. The fourth-order valence-electron chi connectivity index (χ4n) is 2.64. The lowest BCUT2D eigenvalue weighted by molar-refractivity contribution is -0.116. The van der Waals surface area contributed by atoms with Crippen molar-refractivity contribution in [3.05, 3.63) is 53.1 Å². The summed E-state index contributed by atoms with van der Waals surface area (Å²) >= 11 is 1.56. The number of ether oxygens (including phenoxy) is 2. The summed E-state index contributed by atoms with van der Waals surface area (Å²) in [5, 5.41) is 5.82. The highest BCUT2D eigenvalue weighted by molar-refractivity contribution is 7.09. The summed E-state index contributed by atoms with van der Waals surface area (Å²) < 4.78 is 11.0. The molecule has 0 spiro atoms. The topological polar surface area (TPSA) is 73.3 Å². The van der Waals surface area contributed by atoms with E-state index >= 15 is 0 Å². The number of aromatic nitrogens is 2. The van der Waals surface area contributed by atoms with Crippen molar-refractivity contribution in [2.75, 3.05) is 18.5 Å². The van der Waals surface area contributed by atoms with Crippen molar-refractivity contribution in [1.29, 1.82) is 0 Å². The van der Waals surface area contributed by atoms with E-state index in [2.05, 4.69) is 15.3 Å². The van der Waals surface area contributed by atoms with Crippen molar-refractivity contribution in [3.8, 4) is 22.8 Å². The fourth-order valence-corrected chi connectivity index (χ4v) is 3.45. The zero-order chi connectivity index (χ0) is 17.8. The normalized spacial score (nSPS) is 12.6. The van der Waals surface area contributed by atoms with Gasteiger partial charge in [-0.25, -0.2) is 4.98 Å². The highest BCUT2D eigenvalue weighted by Crippen LogP contribution is 2.32. The molecule has 0 fully saturated rings. The van der Waals surface area contributed by atoms with Gasteiger partial charge in [-0.2, -0.15) is 0 Å². The molecule has 7 heteroatoms. The predicted molar refractivity (Wildman–Crippen MR) is 99.7 cm³/mol. The van der Waals surface area contributed by atoms with E-state index in [9.17, 15) is 4.79 Å². The maximum atomic E-state index is 12.2. The van der Waals surface area contributed by atoms with Crippen LogP contribution in [0, 0.1) is 0 Å². The summed E-state index contributed by atoms with van der Waals surface area (Å²) in [6.07, 6.45) is 4.49. The van der Waals surface area contributed by atoms with E-state index in [-0.39, 0.29) is 5.91 Å². The van der Waals surface area contributed by atoms with Crippen LogP contribution in [0.1, 0.15) is 11.4 Å². The largest absolute Gasteiger partial charge is 0.486 e. The van der Waals surface area contributed by atoms with Crippen LogP contribution in [0.5, 0.6) is 11.5 Å². The van der Waals surface area contributed by atoms with Gasteiger partial charge in [0.2, 0.25) is 5.91 Å². The number of thiazole rings is 1. The standard InChI is InChI=1S/C19H17N3O3S/c23-18(21-14-3-4-16-17(10-14)25-9-8-24-16)5-6-19-22-15(12-26-19)13-2-1-7-20-11-13/h1-4,7,10-12H,5-6,8-9H2,(H,21,23). The Bertz CT molecular complexity index is 911. The van der Waals surface area contributed by atoms with E-state index in [0.29, 0.717) is 43.2 Å². The molecule has 26 heavy (non-hydrogen) atoms. The molecule has 6 nitrogen and oxygen atoms in total. The lowest BCUT2D eigenvalue weighted by Gasteiger charge is -2.18. The molecule has 4 rings (SSSR count). The summed E-state index contributed by atoms with van der Waals surface area (Å²) in [5.41, 5.74) is 2.58. The first-order valence-electron chi connectivity index (χ1n) is 8.32. The first kappa shape index (κ1) is 16.5. The average Bonchev–Trinajstić information content (AvgIpc) is 3.16. The first-order valence-corrected chi connectivity index (χ1v) is 9.20. The van der Waals surface area contributed by atoms with Gasteiger partial charge in [0.25, 0.3) is 0 Å². The van der Waals surface area contributed by atoms with E-state index < -0.39 is 0 Å². The summed E-state index contributed by atoms with van der Waals surface area (Å²) in [6, 6.07) is 9.27. The van der Waals surface area contributed by atoms with E-state index in [1.807, 2.05) is 29.6 Å². The highest BCUT2D eigenvalue weighted by Gasteiger charge is 2.13. The van der Waals surface area contributed by atoms with Gasteiger partial charge in [0.05, 0.1) is 10.7 Å². The highest BCUT2D eigenvalue weighted by atomic mass is 32.1. The number of aryl methyl sites for hydroxylation is 1. The summed E-state index contributed by atoms with van der Waals surface area (Å²) in [5.74, 6) is 1.31. The van der Waals surface area contributed by atoms with Gasteiger partial charge in [-0.15, -0.1) is 11.3 Å². The smallest absolute Gasteiger partial charge is 0.224 e. The van der Waals surface area contributed by atoms with Crippen LogP contribution in [-0.4, -0.2) is 29.1 Å². The van der Waals surface area contributed by atoms with Gasteiger partial charge < -0.3 is 14.8 Å². The Hall–Kier alpha value is -2.93. The summed E-state index contributed by atoms with van der Waals surface area (Å²) in [7, 11) is 0. The van der Waals surface area contributed by atoms with Crippen molar-refractivity contribution in [2.24, 2.45) is 0 Å². The number of benzene rings is 1. The maximum absolute atomic E-state index is 12.2. The molecule has 0 bridgehead atoms. The third-order valence-electron chi connectivity index (χ3n) is 3.90. The van der Waals surface area contributed by atoms with Gasteiger partial charge in [-0.05, 0) is 24.3 Å². The molecule has 1 aliphatic rings. The molecule has 1 amide bonds. The van der Waals surface area contributed by atoms with Gasteiger partial charge in [-0.1, -0.05) is 0 Å². The van der Waals surface area contributed by atoms with Crippen LogP contribution >= 0.6 is 11.3 Å². The molecule has 0 saturated heterocycles. The van der Waals surface area contributed by atoms with Crippen LogP contribution in [0.15, 0.2) is 48.1 Å². The Morgan fingerprint density at radius 3 is 2.92 bits per heavy atom. The van der Waals surface area contributed by atoms with Crippen molar-refractivity contribution in [3.63, 3.8) is 0 Å². The zero-order valence-electron chi connectivity index (χ0n) is 14.0. The minimum absolute atomic E-state index is 0.0557. The van der Waals surface area contributed by atoms with Gasteiger partial charge in [0.1, 0.15) is 13.2 Å². The number of nitrogens with zero attached hydrogens (tertiary/aromatic N) is 2. The molecule has 2 aromatic heterocycles. The lowest BCUT2D eigenvalue weighted by Crippen LogP contribution is -2.16. The molecule has 1 N–H and O–H groups in total. The molecule has 1 aliphatic heterocycles. The third kappa shape index (κ3) is 3.83. The van der Waals surface area contributed by atoms with E-state index in [4.69, 9.17) is 9.47 Å². The van der Waals surface area contributed by atoms with Crippen LogP contribution in [0.2, 0.25) is 0 Å². The lowest BCUT2D eigenvalue weighted by atomic mass is 10.2. The number of hydrogen-bond donors (Lipinski definition) is 1. The van der Waals surface area contributed by atoms with Crippen LogP contribution in [-0.2, 0) is 11.2 Å². The Kier molecular flexibility index (Phi) is 4.79. The minimum Gasteiger partial charge on any atom is -0.486 e. The van der Waals surface area contributed by atoms with Crippen molar-refractivity contribution in [2.45, 2.75) is 12.8 Å². The molecule has 0 radical (unpaired) electrons. The van der Waals surface area contributed by atoms with Gasteiger partial charge in [-0.3, -0.25) is 9.78 Å². The molecular weight excluding hydrogens is 350 g/mol. The molecule has 1 aromatic carbocycles. The number of hydrogen-bond acceptors (Lipinski definition) is 6. The summed E-state index contributed by atoms with van der Waals surface area (Å²) in [4.78, 5) is 20.9. The molecule has 3 heterocycles. The number of anilines is 1. The Labute approximate surface area is 154 Å². The van der Waals surface area contributed by atoms with Gasteiger partial charge >= 0.3 is 0 Å². The number of rotatable bonds is 5. The Morgan fingerprint density at radius 1 is 1.19 bits per heavy atom. The molecule has 0 aliphatic carbocycles. The Balaban J connectivity index is 1.34. The number of carbonyl (C=O) groups is 1. The zero-order valence-corrected chi connectivity index (χ0v) is 14.8. The molecule has 0 unspecified atom stereocenters. The average molecular weight is 367 g/mol. The van der Waals surface area contributed by atoms with Crippen LogP contribution in [0.3, 0.4) is 0 Å². The summed E-state index contributed by atoms with van der Waals surface area (Å²) in [6.45, 7) is 1.07. The second-order valence-corrected chi connectivity index (χ2v) is 6.72. The molecule has 0 saturated carbocycles. The van der Waals surface area contributed by atoms with Crippen molar-refractivity contribution >= 4 is 22.9 Å². The molecule has 3 aromatic rings. The minimum atomic E-state index is -0.0557. The number of fused-ring (bicyclic) bond motifs is 1. The van der Waals surface area contributed by atoms with Crippen LogP contribution in [0.25, 0.3) is 11.3 Å². The van der Waals surface area contributed by atoms with Crippen molar-refractivity contribution in [1.82, 2.24) is 9.97 Å². The Morgan fingerprint density at radius 2 is 2.08 bits per heavy atom. The van der Waals surface area contributed by atoms with Crippen LogP contribution in [0.4, 0.5) is 5.69 Å². The first-order chi connectivity index (χ1) is 12.8. The second-order valence-electron chi connectivity index (χ2n) is 5.77. The molecular formula is C19H17N3O3S. The predicted octanol–water partition coefficient (Wildman–Crippen LogP) is 3.55. The van der Waals surface area contributed by atoms with Gasteiger partial charge in [0.15, 0.2) is 11.5 Å². The number of pyridine rings is 1. The fraction of sp³-hybridized carbons (Fsp3) is 0.211. The van der Waals surface area contributed by atoms with Gasteiger partial charge in [0, 0.05) is 47.9 Å². The molecule has 0 atom stereocenters. The second kappa shape index (κ2) is 7.53. The van der Waals surface area contributed by atoms with E-state index in [0.717, 1.165) is 16.3 Å². The number of nitrogens with one attached hydrogen (secondary N) is 1. The van der Waals surface area contributed by atoms with Crippen LogP contribution < -0.4 is 14.8 Å². The monoisotopic (exact) mass is 367 g/mol. The molecule has 132 valence electrons. The van der Waals surface area contributed by atoms with Crippen molar-refractivity contribution < 1.29 is 14.3 Å². The number of amides is 1. The van der Waals surface area contributed by atoms with E-state index in [1.165, 1.54) is 0 Å². The number of carbonyl (C=O) groups excluding carboxylic acids is 1. The maximum Gasteiger partial charge on any atom is 0.224 e.